The zero-order chi connectivity index (χ0) is 12.1. The normalized spacial score (nSPS) is 9.76. The number of ether oxygens (including phenoxy) is 2. The van der Waals surface area contributed by atoms with Gasteiger partial charge in [-0.3, -0.25) is 0 Å². The lowest BCUT2D eigenvalue weighted by Crippen LogP contribution is -1.91. The molecule has 0 aliphatic carbocycles. The summed E-state index contributed by atoms with van der Waals surface area (Å²) >= 11 is 0. The van der Waals surface area contributed by atoms with Crippen LogP contribution in [0.2, 0.25) is 0 Å². The van der Waals surface area contributed by atoms with Gasteiger partial charge in [0.15, 0.2) is 11.5 Å². The minimum Gasteiger partial charge on any atom is -0.502 e. The van der Waals surface area contributed by atoms with E-state index in [1.165, 1.54) is 32.4 Å². The maximum atomic E-state index is 10.3. The number of carbonyl (C=O) groups is 1. The first-order valence-electron chi connectivity index (χ1n) is 4.44. The minimum atomic E-state index is -1.05. The Kier molecular flexibility index (Phi) is 5.56. The zero-order valence-corrected chi connectivity index (χ0v) is 9.93. The van der Waals surface area contributed by atoms with Gasteiger partial charge in [0.2, 0.25) is 5.75 Å². The molecule has 0 aromatic heterocycles. The lowest BCUT2D eigenvalue weighted by molar-refractivity contribution is -0.131. The second kappa shape index (κ2) is 6.39. The average Bonchev–Trinajstić information content (AvgIpc) is 2.27. The van der Waals surface area contributed by atoms with E-state index >= 15 is 0 Å². The predicted octanol–water partition coefficient (Wildman–Crippen LogP) is 1.88. The van der Waals surface area contributed by atoms with Crippen LogP contribution in [0, 0.1) is 0 Å². The van der Waals surface area contributed by atoms with E-state index in [9.17, 15) is 9.90 Å². The SMILES string of the molecule is COc1cc(/C=C/C(=O)O)cc(OC)c1O.[NH4+]. The van der Waals surface area contributed by atoms with Crippen molar-refractivity contribution in [3.05, 3.63) is 23.8 Å². The number of carboxylic acid groups (broad SMARTS) is 1. The van der Waals surface area contributed by atoms with E-state index in [0.717, 1.165) is 6.08 Å². The molecule has 1 aromatic carbocycles. The van der Waals surface area contributed by atoms with Crippen molar-refractivity contribution >= 4 is 12.0 Å². The Hall–Kier alpha value is -2.21. The number of hydrogen-bond donors (Lipinski definition) is 3. The number of rotatable bonds is 4. The van der Waals surface area contributed by atoms with Crippen molar-refractivity contribution in [3.63, 3.8) is 0 Å². The van der Waals surface area contributed by atoms with Gasteiger partial charge in [-0.2, -0.15) is 0 Å². The van der Waals surface area contributed by atoms with Crippen molar-refractivity contribution in [1.29, 1.82) is 0 Å². The molecule has 0 spiro atoms. The van der Waals surface area contributed by atoms with Crippen molar-refractivity contribution in [2.75, 3.05) is 14.2 Å². The van der Waals surface area contributed by atoms with Crippen molar-refractivity contribution in [3.8, 4) is 17.2 Å². The lowest BCUT2D eigenvalue weighted by atomic mass is 10.1. The number of hydrogen-bond acceptors (Lipinski definition) is 4. The Balaban J connectivity index is 0.00000256. The molecule has 0 unspecified atom stereocenters. The molecule has 0 saturated carbocycles. The predicted molar refractivity (Wildman–Crippen MR) is 63.9 cm³/mol. The van der Waals surface area contributed by atoms with Gasteiger partial charge < -0.3 is 25.8 Å². The number of carboxylic acids is 1. The van der Waals surface area contributed by atoms with Crippen LogP contribution in [-0.4, -0.2) is 30.4 Å². The molecule has 0 atom stereocenters. The molecule has 0 radical (unpaired) electrons. The van der Waals surface area contributed by atoms with Gasteiger partial charge in [0.05, 0.1) is 14.2 Å². The molecular weight excluding hydrogens is 226 g/mol. The number of benzene rings is 1. The van der Waals surface area contributed by atoms with Crippen LogP contribution in [0.1, 0.15) is 5.56 Å². The third-order valence-electron chi connectivity index (χ3n) is 1.92. The Morgan fingerprint density at radius 2 is 1.71 bits per heavy atom. The van der Waals surface area contributed by atoms with Gasteiger partial charge >= 0.3 is 5.97 Å². The summed E-state index contributed by atoms with van der Waals surface area (Å²) in [6, 6.07) is 3.02. The summed E-state index contributed by atoms with van der Waals surface area (Å²) in [7, 11) is 2.80. The third kappa shape index (κ3) is 3.69. The second-order valence-electron chi connectivity index (χ2n) is 2.95. The molecule has 0 fully saturated rings. The van der Waals surface area contributed by atoms with Crippen LogP contribution in [0.4, 0.5) is 0 Å². The van der Waals surface area contributed by atoms with Crippen LogP contribution in [0.3, 0.4) is 0 Å². The fraction of sp³-hybridized carbons (Fsp3) is 0.182. The summed E-state index contributed by atoms with van der Waals surface area (Å²) in [5, 5.41) is 18.1. The molecule has 6 heteroatoms. The van der Waals surface area contributed by atoms with Crippen LogP contribution in [-0.2, 0) is 4.79 Å². The van der Waals surface area contributed by atoms with Crippen LogP contribution in [0.15, 0.2) is 18.2 Å². The Morgan fingerprint density at radius 1 is 1.24 bits per heavy atom. The van der Waals surface area contributed by atoms with Gasteiger partial charge in [-0.25, -0.2) is 4.79 Å². The van der Waals surface area contributed by atoms with Gasteiger partial charge in [-0.1, -0.05) is 0 Å². The number of aliphatic carboxylic acids is 1. The highest BCUT2D eigenvalue weighted by molar-refractivity contribution is 5.85. The topological polar surface area (TPSA) is 112 Å². The van der Waals surface area contributed by atoms with E-state index < -0.39 is 5.97 Å². The Bertz CT molecular complexity index is 403. The summed E-state index contributed by atoms with van der Waals surface area (Å²) in [4.78, 5) is 10.3. The summed E-state index contributed by atoms with van der Waals surface area (Å²) < 4.78 is 9.85. The molecule has 0 aliphatic rings. The van der Waals surface area contributed by atoms with Crippen LogP contribution in [0.25, 0.3) is 6.08 Å². The molecule has 0 heterocycles. The molecule has 0 aliphatic heterocycles. The maximum Gasteiger partial charge on any atom is 0.328 e. The smallest absolute Gasteiger partial charge is 0.328 e. The Morgan fingerprint density at radius 3 is 2.06 bits per heavy atom. The standard InChI is InChI=1S/C11H12O5.H3N/c1-15-8-5-7(3-4-10(12)13)6-9(16-2)11(8)14;/h3-6,14H,1-2H3,(H,12,13);1H3/p+1/b4-3+;. The van der Waals surface area contributed by atoms with Gasteiger partial charge in [-0.05, 0) is 23.8 Å². The first kappa shape index (κ1) is 14.8. The minimum absolute atomic E-state index is 0. The van der Waals surface area contributed by atoms with E-state index in [1.807, 2.05) is 0 Å². The molecular formula is C11H16NO5+. The number of quaternary nitrogens is 1. The molecule has 0 amide bonds. The Labute approximate surface area is 98.7 Å². The third-order valence-corrected chi connectivity index (χ3v) is 1.92. The first-order valence-corrected chi connectivity index (χ1v) is 4.44. The molecule has 0 saturated heterocycles. The maximum absolute atomic E-state index is 10.3. The van der Waals surface area contributed by atoms with Gasteiger partial charge in [-0.15, -0.1) is 0 Å². The first-order chi connectivity index (χ1) is 7.58. The van der Waals surface area contributed by atoms with Crippen LogP contribution >= 0.6 is 0 Å². The second-order valence-corrected chi connectivity index (χ2v) is 2.95. The van der Waals surface area contributed by atoms with E-state index in [0.29, 0.717) is 5.56 Å². The monoisotopic (exact) mass is 242 g/mol. The quantitative estimate of drug-likeness (QED) is 0.698. The highest BCUT2D eigenvalue weighted by Crippen LogP contribution is 2.37. The highest BCUT2D eigenvalue weighted by atomic mass is 16.5. The number of phenolic OH excluding ortho intramolecular Hbond substituents is 1. The molecule has 0 bridgehead atoms. The lowest BCUT2D eigenvalue weighted by Gasteiger charge is -2.09. The van der Waals surface area contributed by atoms with E-state index in [1.54, 1.807) is 0 Å². The van der Waals surface area contributed by atoms with Crippen LogP contribution < -0.4 is 15.6 Å². The summed E-state index contributed by atoms with van der Waals surface area (Å²) in [5.74, 6) is -0.711. The molecule has 1 aromatic rings. The molecule has 1 rings (SSSR count). The summed E-state index contributed by atoms with van der Waals surface area (Å²) in [6.07, 6.45) is 2.37. The fourth-order valence-electron chi connectivity index (χ4n) is 1.18. The number of phenols is 1. The molecule has 17 heavy (non-hydrogen) atoms. The number of methoxy groups -OCH3 is 2. The van der Waals surface area contributed by atoms with Gasteiger partial charge in [0.1, 0.15) is 0 Å². The summed E-state index contributed by atoms with van der Waals surface area (Å²) in [6.45, 7) is 0. The van der Waals surface area contributed by atoms with E-state index in [-0.39, 0.29) is 23.4 Å². The molecule has 94 valence electrons. The fourth-order valence-corrected chi connectivity index (χ4v) is 1.18. The molecule has 6 N–H and O–H groups in total. The van der Waals surface area contributed by atoms with Crippen molar-refractivity contribution in [2.45, 2.75) is 0 Å². The van der Waals surface area contributed by atoms with E-state index in [2.05, 4.69) is 0 Å². The largest absolute Gasteiger partial charge is 0.502 e. The van der Waals surface area contributed by atoms with E-state index in [4.69, 9.17) is 14.6 Å². The average molecular weight is 242 g/mol. The van der Waals surface area contributed by atoms with Gasteiger partial charge in [0, 0.05) is 6.08 Å². The molecule has 6 nitrogen and oxygen atoms in total. The highest BCUT2D eigenvalue weighted by Gasteiger charge is 2.09. The summed E-state index contributed by atoms with van der Waals surface area (Å²) in [5.41, 5.74) is 0.564. The van der Waals surface area contributed by atoms with Crippen molar-refractivity contribution in [2.24, 2.45) is 0 Å². The number of aromatic hydroxyl groups is 1. The van der Waals surface area contributed by atoms with Gasteiger partial charge in [0.25, 0.3) is 0 Å². The zero-order valence-electron chi connectivity index (χ0n) is 9.93. The van der Waals surface area contributed by atoms with Crippen molar-refractivity contribution in [1.82, 2.24) is 6.15 Å². The van der Waals surface area contributed by atoms with Crippen molar-refractivity contribution < 1.29 is 24.5 Å². The van der Waals surface area contributed by atoms with Crippen LogP contribution in [0.5, 0.6) is 17.2 Å².